The first-order valence-electron chi connectivity index (χ1n) is 7.47. The van der Waals surface area contributed by atoms with Gasteiger partial charge in [-0.05, 0) is 37.9 Å². The zero-order valence-electron chi connectivity index (χ0n) is 12.9. The molecule has 0 fully saturated rings. The molecule has 2 N–H and O–H groups in total. The summed E-state index contributed by atoms with van der Waals surface area (Å²) >= 11 is 0. The SMILES string of the molecule is CCCNCc1ccccc1S(=O)(=O)NCCCOCC. The van der Waals surface area contributed by atoms with Crippen LogP contribution in [0.1, 0.15) is 32.3 Å². The number of hydrogen-bond donors (Lipinski definition) is 2. The predicted octanol–water partition coefficient (Wildman–Crippen LogP) is 1.89. The highest BCUT2D eigenvalue weighted by Crippen LogP contribution is 2.15. The largest absolute Gasteiger partial charge is 0.382 e. The average Bonchev–Trinajstić information content (AvgIpc) is 2.48. The Morgan fingerprint density at radius 3 is 2.62 bits per heavy atom. The molecule has 5 nitrogen and oxygen atoms in total. The smallest absolute Gasteiger partial charge is 0.240 e. The van der Waals surface area contributed by atoms with Gasteiger partial charge >= 0.3 is 0 Å². The van der Waals surface area contributed by atoms with Crippen molar-refractivity contribution in [2.24, 2.45) is 0 Å². The van der Waals surface area contributed by atoms with E-state index in [1.165, 1.54) is 0 Å². The third-order valence-electron chi connectivity index (χ3n) is 2.97. The summed E-state index contributed by atoms with van der Waals surface area (Å²) < 4.78 is 32.5. The van der Waals surface area contributed by atoms with Gasteiger partial charge in [0.1, 0.15) is 0 Å². The number of rotatable bonds is 11. The second kappa shape index (κ2) is 9.89. The molecule has 0 unspecified atom stereocenters. The lowest BCUT2D eigenvalue weighted by Crippen LogP contribution is -2.27. The summed E-state index contributed by atoms with van der Waals surface area (Å²) in [6, 6.07) is 7.10. The molecule has 1 rings (SSSR count). The molecule has 6 heteroatoms. The topological polar surface area (TPSA) is 67.4 Å². The number of ether oxygens (including phenoxy) is 1. The van der Waals surface area contributed by atoms with Gasteiger partial charge in [0, 0.05) is 26.3 Å². The average molecular weight is 314 g/mol. The van der Waals surface area contributed by atoms with Crippen molar-refractivity contribution in [2.75, 3.05) is 26.3 Å². The summed E-state index contributed by atoms with van der Waals surface area (Å²) in [4.78, 5) is 0.352. The Balaban J connectivity index is 2.64. The maximum Gasteiger partial charge on any atom is 0.240 e. The fourth-order valence-corrected chi connectivity index (χ4v) is 3.23. The van der Waals surface area contributed by atoms with Crippen molar-refractivity contribution >= 4 is 10.0 Å². The third kappa shape index (κ3) is 6.56. The Hall–Kier alpha value is -0.950. The van der Waals surface area contributed by atoms with E-state index in [0.29, 0.717) is 37.6 Å². The highest BCUT2D eigenvalue weighted by atomic mass is 32.2. The van der Waals surface area contributed by atoms with E-state index in [0.717, 1.165) is 18.5 Å². The molecule has 1 aromatic carbocycles. The maximum atomic E-state index is 12.3. The molecule has 1 aromatic rings. The second-order valence-corrected chi connectivity index (χ2v) is 6.47. The van der Waals surface area contributed by atoms with Crippen LogP contribution in [0.5, 0.6) is 0 Å². The van der Waals surface area contributed by atoms with Gasteiger partial charge in [-0.3, -0.25) is 0 Å². The van der Waals surface area contributed by atoms with Crippen LogP contribution in [0, 0.1) is 0 Å². The normalized spacial score (nSPS) is 11.7. The molecule has 0 aliphatic rings. The molecule has 120 valence electrons. The molecule has 0 bridgehead atoms. The molecule has 0 saturated heterocycles. The summed E-state index contributed by atoms with van der Waals surface area (Å²) in [5.41, 5.74) is 0.795. The minimum atomic E-state index is -3.46. The van der Waals surface area contributed by atoms with Crippen LogP contribution in [-0.2, 0) is 21.3 Å². The van der Waals surface area contributed by atoms with Gasteiger partial charge < -0.3 is 10.1 Å². The van der Waals surface area contributed by atoms with Gasteiger partial charge in [0.05, 0.1) is 4.90 Å². The van der Waals surface area contributed by atoms with Crippen molar-refractivity contribution in [3.63, 3.8) is 0 Å². The first kappa shape index (κ1) is 18.1. The zero-order valence-corrected chi connectivity index (χ0v) is 13.7. The van der Waals surface area contributed by atoms with E-state index in [4.69, 9.17) is 4.74 Å². The van der Waals surface area contributed by atoms with Gasteiger partial charge in [-0.2, -0.15) is 0 Å². The lowest BCUT2D eigenvalue weighted by atomic mass is 10.2. The minimum Gasteiger partial charge on any atom is -0.382 e. The summed E-state index contributed by atoms with van der Waals surface area (Å²) in [5.74, 6) is 0. The van der Waals surface area contributed by atoms with Gasteiger partial charge in [0.15, 0.2) is 0 Å². The number of sulfonamides is 1. The highest BCUT2D eigenvalue weighted by molar-refractivity contribution is 7.89. The molecule has 0 heterocycles. The third-order valence-corrected chi connectivity index (χ3v) is 4.53. The Labute approximate surface area is 128 Å². The standard InChI is InChI=1S/C15H26N2O3S/c1-3-10-16-13-14-8-5-6-9-15(14)21(18,19)17-11-7-12-20-4-2/h5-6,8-9,16-17H,3-4,7,10-13H2,1-2H3. The number of benzene rings is 1. The zero-order chi connectivity index (χ0) is 15.6. The molecular formula is C15H26N2O3S. The van der Waals surface area contributed by atoms with E-state index in [2.05, 4.69) is 17.0 Å². The molecular weight excluding hydrogens is 288 g/mol. The maximum absolute atomic E-state index is 12.3. The Morgan fingerprint density at radius 2 is 1.90 bits per heavy atom. The van der Waals surface area contributed by atoms with Gasteiger partial charge in [-0.25, -0.2) is 13.1 Å². The summed E-state index contributed by atoms with van der Waals surface area (Å²) in [6.45, 7) is 7.04. The number of nitrogens with one attached hydrogen (secondary N) is 2. The first-order chi connectivity index (χ1) is 10.1. The van der Waals surface area contributed by atoms with Gasteiger partial charge in [-0.1, -0.05) is 25.1 Å². The molecule has 0 atom stereocenters. The van der Waals surface area contributed by atoms with Crippen LogP contribution >= 0.6 is 0 Å². The van der Waals surface area contributed by atoms with Crippen LogP contribution in [0.25, 0.3) is 0 Å². The lowest BCUT2D eigenvalue weighted by Gasteiger charge is -2.12. The van der Waals surface area contributed by atoms with E-state index < -0.39 is 10.0 Å². The Bertz CT molecular complexity index is 503. The van der Waals surface area contributed by atoms with Crippen LogP contribution in [0.4, 0.5) is 0 Å². The molecule has 0 aromatic heterocycles. The van der Waals surface area contributed by atoms with Crippen molar-refractivity contribution in [2.45, 2.75) is 38.1 Å². The second-order valence-electron chi connectivity index (χ2n) is 4.73. The minimum absolute atomic E-state index is 0.352. The van der Waals surface area contributed by atoms with E-state index in [1.54, 1.807) is 12.1 Å². The summed E-state index contributed by atoms with van der Waals surface area (Å²) in [5, 5.41) is 3.24. The van der Waals surface area contributed by atoms with Crippen LogP contribution in [0.3, 0.4) is 0 Å². The van der Waals surface area contributed by atoms with E-state index in [9.17, 15) is 8.42 Å². The lowest BCUT2D eigenvalue weighted by molar-refractivity contribution is 0.146. The highest BCUT2D eigenvalue weighted by Gasteiger charge is 2.16. The van der Waals surface area contributed by atoms with Crippen LogP contribution < -0.4 is 10.0 Å². The quantitative estimate of drug-likeness (QED) is 0.612. The van der Waals surface area contributed by atoms with E-state index in [-0.39, 0.29) is 0 Å². The predicted molar refractivity (Wildman–Crippen MR) is 84.7 cm³/mol. The molecule has 0 spiro atoms. The number of hydrogen-bond acceptors (Lipinski definition) is 4. The van der Waals surface area contributed by atoms with E-state index >= 15 is 0 Å². The van der Waals surface area contributed by atoms with Crippen LogP contribution in [0.2, 0.25) is 0 Å². The molecule has 0 aliphatic heterocycles. The molecule has 0 amide bonds. The fraction of sp³-hybridized carbons (Fsp3) is 0.600. The molecule has 0 radical (unpaired) electrons. The van der Waals surface area contributed by atoms with Crippen molar-refractivity contribution in [1.29, 1.82) is 0 Å². The van der Waals surface area contributed by atoms with E-state index in [1.807, 2.05) is 19.1 Å². The van der Waals surface area contributed by atoms with Gasteiger partial charge in [0.2, 0.25) is 10.0 Å². The molecule has 21 heavy (non-hydrogen) atoms. The summed E-state index contributed by atoms with van der Waals surface area (Å²) in [7, 11) is -3.46. The van der Waals surface area contributed by atoms with Crippen LogP contribution in [0.15, 0.2) is 29.2 Å². The van der Waals surface area contributed by atoms with Crippen molar-refractivity contribution < 1.29 is 13.2 Å². The van der Waals surface area contributed by atoms with Gasteiger partial charge in [0.25, 0.3) is 0 Å². The van der Waals surface area contributed by atoms with Crippen molar-refractivity contribution in [1.82, 2.24) is 10.0 Å². The molecule has 0 aliphatic carbocycles. The first-order valence-corrected chi connectivity index (χ1v) is 8.96. The van der Waals surface area contributed by atoms with Crippen molar-refractivity contribution in [3.05, 3.63) is 29.8 Å². The Kier molecular flexibility index (Phi) is 8.52. The van der Waals surface area contributed by atoms with Gasteiger partial charge in [-0.15, -0.1) is 0 Å². The fourth-order valence-electron chi connectivity index (χ4n) is 1.91. The summed E-state index contributed by atoms with van der Waals surface area (Å²) in [6.07, 6.45) is 1.69. The van der Waals surface area contributed by atoms with Crippen LogP contribution in [-0.4, -0.2) is 34.7 Å². The van der Waals surface area contributed by atoms with Crippen molar-refractivity contribution in [3.8, 4) is 0 Å². The molecule has 0 saturated carbocycles. The Morgan fingerprint density at radius 1 is 1.14 bits per heavy atom. The monoisotopic (exact) mass is 314 g/mol.